The highest BCUT2D eigenvalue weighted by Crippen LogP contribution is 2.19. The first-order valence-corrected chi connectivity index (χ1v) is 6.91. The lowest BCUT2D eigenvalue weighted by atomic mass is 9.90. The first kappa shape index (κ1) is 16.2. The van der Waals surface area contributed by atoms with Crippen LogP contribution < -0.4 is 0 Å². The molecule has 0 radical (unpaired) electrons. The van der Waals surface area contributed by atoms with Gasteiger partial charge in [-0.05, 0) is 18.4 Å². The van der Waals surface area contributed by atoms with Crippen molar-refractivity contribution in [2.24, 2.45) is 11.0 Å². The molecular weight excluding hydrogens is 254 g/mol. The Bertz CT molecular complexity index is 469. The van der Waals surface area contributed by atoms with E-state index in [2.05, 4.69) is 10.0 Å². The molecule has 20 heavy (non-hydrogen) atoms. The number of hydrogen-bond acceptors (Lipinski definition) is 3. The molecule has 0 spiro atoms. The van der Waals surface area contributed by atoms with E-state index >= 15 is 0 Å². The van der Waals surface area contributed by atoms with Crippen molar-refractivity contribution in [3.05, 3.63) is 46.3 Å². The third-order valence-electron chi connectivity index (χ3n) is 3.40. The van der Waals surface area contributed by atoms with Crippen molar-refractivity contribution in [2.75, 3.05) is 0 Å². The number of rotatable bonds is 8. The average molecular weight is 275 g/mol. The molecule has 0 heterocycles. The fourth-order valence-electron chi connectivity index (χ4n) is 2.15. The van der Waals surface area contributed by atoms with Crippen LogP contribution in [0.3, 0.4) is 0 Å². The molecule has 1 N–H and O–H groups in total. The molecule has 0 aliphatic heterocycles. The van der Waals surface area contributed by atoms with Gasteiger partial charge in [0, 0.05) is 22.4 Å². The monoisotopic (exact) mass is 275 g/mol. The summed E-state index contributed by atoms with van der Waals surface area (Å²) in [6.07, 6.45) is 1.10. The molecule has 5 nitrogen and oxygen atoms in total. The minimum Gasteiger partial charge on any atom is -0.392 e. The fraction of sp³-hybridized carbons (Fsp3) is 0.533. The van der Waals surface area contributed by atoms with Crippen LogP contribution in [-0.4, -0.2) is 23.0 Å². The van der Waals surface area contributed by atoms with Crippen molar-refractivity contribution in [1.29, 1.82) is 0 Å². The number of hydrogen-bond donors (Lipinski definition) is 1. The Morgan fingerprint density at radius 2 is 2.05 bits per heavy atom. The Morgan fingerprint density at radius 3 is 2.60 bits per heavy atom. The zero-order valence-electron chi connectivity index (χ0n) is 11.9. The molecule has 3 atom stereocenters. The van der Waals surface area contributed by atoms with Crippen LogP contribution in [-0.2, 0) is 0 Å². The number of nitrogens with zero attached hydrogens (tertiary/aromatic N) is 3. The number of carbonyl (C=O) groups excluding carboxylic acids is 1. The average Bonchev–Trinajstić information content (AvgIpc) is 2.47. The Kier molecular flexibility index (Phi) is 6.77. The molecule has 1 rings (SSSR count). The van der Waals surface area contributed by atoms with Crippen LogP contribution in [0.25, 0.3) is 10.4 Å². The van der Waals surface area contributed by atoms with E-state index in [1.165, 1.54) is 0 Å². The van der Waals surface area contributed by atoms with Crippen molar-refractivity contribution in [2.45, 2.75) is 45.3 Å². The standard InChI is InChI=1S/C15H21N3O2/c1-3-7-13(17-18-16)10-14(19)11(2)15(20)12-8-5-4-6-9-12/h4-6,8-9,11,13-14,19H,3,7,10H2,1-2H3/t11-,13+,14+/m1/s1. The minimum atomic E-state index is -0.801. The van der Waals surface area contributed by atoms with Gasteiger partial charge in [-0.1, -0.05) is 55.7 Å². The van der Waals surface area contributed by atoms with Gasteiger partial charge in [0.05, 0.1) is 6.10 Å². The summed E-state index contributed by atoms with van der Waals surface area (Å²) >= 11 is 0. The summed E-state index contributed by atoms with van der Waals surface area (Å²) < 4.78 is 0. The fourth-order valence-corrected chi connectivity index (χ4v) is 2.15. The molecule has 0 aliphatic carbocycles. The molecule has 0 unspecified atom stereocenters. The molecule has 108 valence electrons. The van der Waals surface area contributed by atoms with Gasteiger partial charge in [0.1, 0.15) is 0 Å². The SMILES string of the molecule is CCC[C@@H](C[C@H](O)[C@@H](C)C(=O)c1ccccc1)N=[N+]=[N-]. The quantitative estimate of drug-likeness (QED) is 0.339. The summed E-state index contributed by atoms with van der Waals surface area (Å²) in [6.45, 7) is 3.70. The van der Waals surface area contributed by atoms with Crippen molar-refractivity contribution in [3.8, 4) is 0 Å². The third kappa shape index (κ3) is 4.68. The third-order valence-corrected chi connectivity index (χ3v) is 3.40. The van der Waals surface area contributed by atoms with E-state index in [9.17, 15) is 9.90 Å². The van der Waals surface area contributed by atoms with E-state index in [-0.39, 0.29) is 11.8 Å². The molecule has 0 aliphatic rings. The van der Waals surface area contributed by atoms with Gasteiger partial charge >= 0.3 is 0 Å². The maximum atomic E-state index is 12.2. The van der Waals surface area contributed by atoms with Crippen LogP contribution in [0.2, 0.25) is 0 Å². The predicted octanol–water partition coefficient (Wildman–Crippen LogP) is 3.74. The summed E-state index contributed by atoms with van der Waals surface area (Å²) in [4.78, 5) is 15.0. The van der Waals surface area contributed by atoms with Crippen LogP contribution in [0.4, 0.5) is 0 Å². The number of benzene rings is 1. The van der Waals surface area contributed by atoms with E-state index < -0.39 is 12.0 Å². The van der Waals surface area contributed by atoms with Gasteiger partial charge < -0.3 is 5.11 Å². The highest BCUT2D eigenvalue weighted by atomic mass is 16.3. The summed E-state index contributed by atoms with van der Waals surface area (Å²) in [6, 6.07) is 8.66. The molecule has 0 fully saturated rings. The highest BCUT2D eigenvalue weighted by Gasteiger charge is 2.25. The van der Waals surface area contributed by atoms with Crippen LogP contribution in [0, 0.1) is 5.92 Å². The van der Waals surface area contributed by atoms with Gasteiger partial charge in [-0.15, -0.1) is 0 Å². The van der Waals surface area contributed by atoms with Crippen molar-refractivity contribution in [3.63, 3.8) is 0 Å². The summed E-state index contributed by atoms with van der Waals surface area (Å²) in [5.41, 5.74) is 9.10. The first-order valence-electron chi connectivity index (χ1n) is 6.91. The van der Waals surface area contributed by atoms with Gasteiger partial charge in [0.25, 0.3) is 0 Å². The maximum Gasteiger partial charge on any atom is 0.168 e. The second kappa shape index (κ2) is 8.35. The number of Topliss-reactive ketones (excluding diaryl/α,β-unsaturated/α-hetero) is 1. The van der Waals surface area contributed by atoms with Crippen LogP contribution in [0.15, 0.2) is 35.4 Å². The number of aliphatic hydroxyl groups is 1. The zero-order valence-corrected chi connectivity index (χ0v) is 11.9. The van der Waals surface area contributed by atoms with E-state index in [1.807, 2.05) is 13.0 Å². The van der Waals surface area contributed by atoms with Gasteiger partial charge in [0.15, 0.2) is 5.78 Å². The predicted molar refractivity (Wildman–Crippen MR) is 78.4 cm³/mol. The molecule has 0 saturated heterocycles. The normalized spacial score (nSPS) is 14.9. The number of carbonyl (C=O) groups is 1. The molecule has 1 aromatic carbocycles. The number of aliphatic hydroxyl groups excluding tert-OH is 1. The minimum absolute atomic E-state index is 0.0886. The van der Waals surface area contributed by atoms with Gasteiger partial charge in [-0.3, -0.25) is 4.79 Å². The smallest absolute Gasteiger partial charge is 0.168 e. The summed E-state index contributed by atoms with van der Waals surface area (Å²) in [5, 5.41) is 13.8. The Labute approximate surface area is 119 Å². The van der Waals surface area contributed by atoms with Crippen molar-refractivity contribution < 1.29 is 9.90 Å². The molecular formula is C15H21N3O2. The van der Waals surface area contributed by atoms with E-state index in [1.54, 1.807) is 31.2 Å². The summed E-state index contributed by atoms with van der Waals surface area (Å²) in [7, 11) is 0. The molecule has 0 amide bonds. The molecule has 1 aromatic rings. The topological polar surface area (TPSA) is 86.1 Å². The highest BCUT2D eigenvalue weighted by molar-refractivity contribution is 5.97. The Balaban J connectivity index is 2.68. The maximum absolute atomic E-state index is 12.2. The number of azide groups is 1. The zero-order chi connectivity index (χ0) is 15.0. The van der Waals surface area contributed by atoms with Gasteiger partial charge in [-0.25, -0.2) is 0 Å². The summed E-state index contributed by atoms with van der Waals surface area (Å²) in [5.74, 6) is -0.597. The largest absolute Gasteiger partial charge is 0.392 e. The van der Waals surface area contributed by atoms with Crippen LogP contribution in [0.1, 0.15) is 43.5 Å². The lowest BCUT2D eigenvalue weighted by Gasteiger charge is -2.20. The first-order chi connectivity index (χ1) is 9.60. The lowest BCUT2D eigenvalue weighted by Crippen LogP contribution is -2.29. The lowest BCUT2D eigenvalue weighted by molar-refractivity contribution is 0.0667. The van der Waals surface area contributed by atoms with Gasteiger partial charge in [0.2, 0.25) is 0 Å². The molecule has 5 heteroatoms. The van der Waals surface area contributed by atoms with Crippen LogP contribution >= 0.6 is 0 Å². The molecule has 0 aromatic heterocycles. The second-order valence-electron chi connectivity index (χ2n) is 4.97. The van der Waals surface area contributed by atoms with Gasteiger partial charge in [-0.2, -0.15) is 0 Å². The van der Waals surface area contributed by atoms with E-state index in [0.29, 0.717) is 18.4 Å². The van der Waals surface area contributed by atoms with Crippen molar-refractivity contribution >= 4 is 5.78 Å². The molecule has 0 bridgehead atoms. The van der Waals surface area contributed by atoms with Crippen molar-refractivity contribution in [1.82, 2.24) is 0 Å². The van der Waals surface area contributed by atoms with E-state index in [0.717, 1.165) is 6.42 Å². The van der Waals surface area contributed by atoms with Crippen LogP contribution in [0.5, 0.6) is 0 Å². The second-order valence-corrected chi connectivity index (χ2v) is 4.97. The van der Waals surface area contributed by atoms with E-state index in [4.69, 9.17) is 5.53 Å². The number of ketones is 1. The Hall–Kier alpha value is -1.84. The molecule has 0 saturated carbocycles. The Morgan fingerprint density at radius 1 is 1.40 bits per heavy atom.